The van der Waals surface area contributed by atoms with E-state index in [9.17, 15) is 20.0 Å². The molecule has 2 aromatic rings. The molecular weight excluding hydrogens is 380 g/mol. The van der Waals surface area contributed by atoms with Gasteiger partial charge in [0.2, 0.25) is 0 Å². The van der Waals surface area contributed by atoms with E-state index in [1.165, 1.54) is 36.6 Å². The van der Waals surface area contributed by atoms with Crippen molar-refractivity contribution in [3.05, 3.63) is 39.8 Å². The summed E-state index contributed by atoms with van der Waals surface area (Å²) in [4.78, 5) is 25.4. The van der Waals surface area contributed by atoms with Crippen molar-refractivity contribution in [2.24, 2.45) is 0 Å². The number of benzene rings is 1. The van der Waals surface area contributed by atoms with Crippen molar-refractivity contribution in [3.8, 4) is 17.6 Å². The molecule has 0 aliphatic heterocycles. The zero-order valence-corrected chi connectivity index (χ0v) is 16.2. The third kappa shape index (κ3) is 4.26. The summed E-state index contributed by atoms with van der Waals surface area (Å²) in [5.74, 6) is -1.25. The van der Waals surface area contributed by atoms with E-state index in [4.69, 9.17) is 9.47 Å². The standard InChI is InChI=1S/C20H20N2O5S/c1-26-12-7-8-14(16(23)9-12)20(25)27-11-18(24)22-19-15(10-21)13-5-3-2-4-6-17(13)28-19/h7-9,23H,2-6,11H2,1H3,(H,22,24). The summed E-state index contributed by atoms with van der Waals surface area (Å²) in [5, 5.41) is 22.5. The van der Waals surface area contributed by atoms with E-state index in [1.807, 2.05) is 0 Å². The van der Waals surface area contributed by atoms with Crippen LogP contribution in [0.3, 0.4) is 0 Å². The molecule has 1 aromatic carbocycles. The Morgan fingerprint density at radius 3 is 2.79 bits per heavy atom. The predicted molar refractivity (Wildman–Crippen MR) is 104 cm³/mol. The predicted octanol–water partition coefficient (Wildman–Crippen LogP) is 3.40. The lowest BCUT2D eigenvalue weighted by Gasteiger charge is -2.08. The number of phenols is 1. The van der Waals surface area contributed by atoms with Crippen molar-refractivity contribution in [1.82, 2.24) is 0 Å². The minimum Gasteiger partial charge on any atom is -0.507 e. The molecule has 1 heterocycles. The zero-order valence-electron chi connectivity index (χ0n) is 15.4. The molecule has 7 nitrogen and oxygen atoms in total. The molecule has 3 rings (SSSR count). The highest BCUT2D eigenvalue weighted by Crippen LogP contribution is 2.37. The molecule has 0 saturated carbocycles. The second-order valence-electron chi connectivity index (χ2n) is 6.39. The SMILES string of the molecule is COc1ccc(C(=O)OCC(=O)Nc2sc3c(c2C#N)CCCCC3)c(O)c1. The normalized spacial score (nSPS) is 13.0. The molecule has 0 radical (unpaired) electrons. The first-order chi connectivity index (χ1) is 13.5. The molecule has 146 valence electrons. The maximum Gasteiger partial charge on any atom is 0.342 e. The molecule has 1 aliphatic rings. The second kappa shape index (κ2) is 8.76. The number of rotatable bonds is 5. The Labute approximate surface area is 166 Å². The van der Waals surface area contributed by atoms with Crippen molar-refractivity contribution in [2.75, 3.05) is 19.0 Å². The fraction of sp³-hybridized carbons (Fsp3) is 0.350. The van der Waals surface area contributed by atoms with E-state index >= 15 is 0 Å². The molecule has 0 spiro atoms. The number of fused-ring (bicyclic) bond motifs is 1. The first kappa shape index (κ1) is 19.7. The second-order valence-corrected chi connectivity index (χ2v) is 7.49. The van der Waals surface area contributed by atoms with E-state index in [0.717, 1.165) is 42.5 Å². The molecule has 0 fully saturated rings. The van der Waals surface area contributed by atoms with E-state index in [0.29, 0.717) is 16.3 Å². The topological polar surface area (TPSA) is 109 Å². The van der Waals surface area contributed by atoms with Gasteiger partial charge in [-0.3, -0.25) is 4.79 Å². The van der Waals surface area contributed by atoms with Crippen LogP contribution in [0.15, 0.2) is 18.2 Å². The zero-order chi connectivity index (χ0) is 20.1. The molecule has 0 unspecified atom stereocenters. The Morgan fingerprint density at radius 1 is 1.29 bits per heavy atom. The van der Waals surface area contributed by atoms with Crippen LogP contribution in [0.5, 0.6) is 11.5 Å². The number of hydrogen-bond acceptors (Lipinski definition) is 7. The van der Waals surface area contributed by atoms with E-state index in [-0.39, 0.29) is 11.3 Å². The van der Waals surface area contributed by atoms with Crippen molar-refractivity contribution in [3.63, 3.8) is 0 Å². The van der Waals surface area contributed by atoms with Gasteiger partial charge in [0.25, 0.3) is 5.91 Å². The smallest absolute Gasteiger partial charge is 0.342 e. The van der Waals surface area contributed by atoms with Gasteiger partial charge in [0.15, 0.2) is 6.61 Å². The molecular formula is C20H20N2O5S. The van der Waals surface area contributed by atoms with E-state index < -0.39 is 18.5 Å². The van der Waals surface area contributed by atoms with Crippen LogP contribution in [0, 0.1) is 11.3 Å². The number of nitrogens with one attached hydrogen (secondary N) is 1. The average molecular weight is 400 g/mol. The van der Waals surface area contributed by atoms with Gasteiger partial charge in [-0.05, 0) is 43.4 Å². The number of nitrogens with zero attached hydrogens (tertiary/aromatic N) is 1. The summed E-state index contributed by atoms with van der Waals surface area (Å²) in [6.45, 7) is -0.516. The Hall–Kier alpha value is -3.05. The number of thiophene rings is 1. The number of phenolic OH excluding ortho intramolecular Hbond substituents is 1. The molecule has 2 N–H and O–H groups in total. The number of carbonyl (C=O) groups excluding carboxylic acids is 2. The van der Waals surface area contributed by atoms with Crippen LogP contribution in [0.1, 0.15) is 45.6 Å². The number of ether oxygens (including phenoxy) is 2. The van der Waals surface area contributed by atoms with Gasteiger partial charge in [0.1, 0.15) is 28.1 Å². The fourth-order valence-electron chi connectivity index (χ4n) is 3.13. The van der Waals surface area contributed by atoms with Crippen LogP contribution in [-0.2, 0) is 22.4 Å². The van der Waals surface area contributed by atoms with Crippen LogP contribution in [0.2, 0.25) is 0 Å². The van der Waals surface area contributed by atoms with Crippen LogP contribution >= 0.6 is 11.3 Å². The Kier molecular flexibility index (Phi) is 6.16. The van der Waals surface area contributed by atoms with Gasteiger partial charge >= 0.3 is 5.97 Å². The van der Waals surface area contributed by atoms with Gasteiger partial charge in [-0.15, -0.1) is 11.3 Å². The van der Waals surface area contributed by atoms with E-state index in [2.05, 4.69) is 11.4 Å². The molecule has 8 heteroatoms. The number of hydrogen-bond donors (Lipinski definition) is 2. The van der Waals surface area contributed by atoms with Gasteiger partial charge in [-0.1, -0.05) is 6.42 Å². The third-order valence-corrected chi connectivity index (χ3v) is 5.75. The van der Waals surface area contributed by atoms with Crippen LogP contribution in [0.4, 0.5) is 5.00 Å². The summed E-state index contributed by atoms with van der Waals surface area (Å²) in [6, 6.07) is 6.34. The maximum atomic E-state index is 12.2. The summed E-state index contributed by atoms with van der Waals surface area (Å²) in [6.07, 6.45) is 5.01. The highest BCUT2D eigenvalue weighted by molar-refractivity contribution is 7.16. The molecule has 1 aromatic heterocycles. The van der Waals surface area contributed by atoms with Crippen LogP contribution in [0.25, 0.3) is 0 Å². The lowest BCUT2D eigenvalue weighted by Crippen LogP contribution is -2.21. The largest absolute Gasteiger partial charge is 0.507 e. The number of esters is 1. The lowest BCUT2D eigenvalue weighted by molar-refractivity contribution is -0.119. The van der Waals surface area contributed by atoms with E-state index in [1.54, 1.807) is 0 Å². The lowest BCUT2D eigenvalue weighted by atomic mass is 10.1. The minimum absolute atomic E-state index is 0.0610. The molecule has 1 aliphatic carbocycles. The van der Waals surface area contributed by atoms with Gasteiger partial charge in [-0.2, -0.15) is 5.26 Å². The Balaban J connectivity index is 1.63. The van der Waals surface area contributed by atoms with Crippen molar-refractivity contribution in [1.29, 1.82) is 5.26 Å². The first-order valence-electron chi connectivity index (χ1n) is 8.92. The number of amides is 1. The van der Waals surface area contributed by atoms with Gasteiger partial charge < -0.3 is 19.9 Å². The average Bonchev–Trinajstić information content (AvgIpc) is 2.85. The molecule has 28 heavy (non-hydrogen) atoms. The quantitative estimate of drug-likeness (QED) is 0.588. The Bertz CT molecular complexity index is 945. The molecule has 1 amide bonds. The van der Waals surface area contributed by atoms with Gasteiger partial charge in [-0.25, -0.2) is 4.79 Å². The number of aryl methyl sites for hydroxylation is 1. The molecule has 0 saturated heterocycles. The minimum atomic E-state index is -0.822. The van der Waals surface area contributed by atoms with Gasteiger partial charge in [0.05, 0.1) is 12.7 Å². The third-order valence-electron chi connectivity index (χ3n) is 4.55. The summed E-state index contributed by atoms with van der Waals surface area (Å²) in [5.41, 5.74) is 1.48. The number of aromatic hydroxyl groups is 1. The molecule has 0 bridgehead atoms. The van der Waals surface area contributed by atoms with Crippen molar-refractivity contribution >= 4 is 28.2 Å². The number of carbonyl (C=O) groups is 2. The fourth-order valence-corrected chi connectivity index (χ4v) is 4.39. The monoisotopic (exact) mass is 400 g/mol. The van der Waals surface area contributed by atoms with Crippen molar-refractivity contribution in [2.45, 2.75) is 32.1 Å². The number of methoxy groups -OCH3 is 1. The summed E-state index contributed by atoms with van der Waals surface area (Å²) >= 11 is 1.42. The maximum absolute atomic E-state index is 12.2. The molecule has 0 atom stereocenters. The number of nitriles is 1. The Morgan fingerprint density at radius 2 is 2.07 bits per heavy atom. The van der Waals surface area contributed by atoms with Crippen LogP contribution < -0.4 is 10.1 Å². The highest BCUT2D eigenvalue weighted by Gasteiger charge is 2.22. The summed E-state index contributed by atoms with van der Waals surface area (Å²) < 4.78 is 9.94. The number of anilines is 1. The first-order valence-corrected chi connectivity index (χ1v) is 9.73. The van der Waals surface area contributed by atoms with Crippen LogP contribution in [-0.4, -0.2) is 30.7 Å². The highest BCUT2D eigenvalue weighted by atomic mass is 32.1. The van der Waals surface area contributed by atoms with Crippen molar-refractivity contribution < 1.29 is 24.2 Å². The summed E-state index contributed by atoms with van der Waals surface area (Å²) in [7, 11) is 1.44. The van der Waals surface area contributed by atoms with Gasteiger partial charge in [0, 0.05) is 10.9 Å².